The smallest absolute Gasteiger partial charge is 0.745 e. The van der Waals surface area contributed by atoms with Crippen molar-refractivity contribution in [3.63, 3.8) is 0 Å². The molecule has 27 heavy (non-hydrogen) atoms. The molecule has 0 radical (unpaired) electrons. The maximum atomic E-state index is 11.4. The SMILES string of the molecule is CCCCCCc1ccc(CCCCCC)c(OC(CC)S(=O)(=O)[O-])c1.[Na+]. The summed E-state index contributed by atoms with van der Waals surface area (Å²) < 4.78 is 40.0. The van der Waals surface area contributed by atoms with Crippen LogP contribution in [0.25, 0.3) is 0 Å². The fourth-order valence-electron chi connectivity index (χ4n) is 3.06. The van der Waals surface area contributed by atoms with Gasteiger partial charge in [-0.2, -0.15) is 0 Å². The third kappa shape index (κ3) is 10.9. The van der Waals surface area contributed by atoms with Crippen LogP contribution >= 0.6 is 0 Å². The van der Waals surface area contributed by atoms with Gasteiger partial charge in [0.1, 0.15) is 15.9 Å². The van der Waals surface area contributed by atoms with Crippen molar-refractivity contribution >= 4 is 10.1 Å². The van der Waals surface area contributed by atoms with Crippen LogP contribution in [0.1, 0.15) is 89.7 Å². The monoisotopic (exact) mass is 406 g/mol. The van der Waals surface area contributed by atoms with Crippen LogP contribution < -0.4 is 34.3 Å². The van der Waals surface area contributed by atoms with Gasteiger partial charge in [0, 0.05) is 0 Å². The molecule has 1 aromatic carbocycles. The number of ether oxygens (including phenoxy) is 1. The summed E-state index contributed by atoms with van der Waals surface area (Å²) in [7, 11) is -4.47. The van der Waals surface area contributed by atoms with Crippen molar-refractivity contribution in [1.82, 2.24) is 0 Å². The van der Waals surface area contributed by atoms with E-state index in [1.807, 2.05) is 12.1 Å². The molecule has 1 unspecified atom stereocenters. The molecular formula is C21H35NaO4S. The Hall–Kier alpha value is -0.0700. The molecule has 6 heteroatoms. The fourth-order valence-corrected chi connectivity index (χ4v) is 3.69. The summed E-state index contributed by atoms with van der Waals surface area (Å²) in [5, 5.41) is 0. The standard InChI is InChI=1S/C21H36O4S.Na/c1-4-7-9-11-13-18-15-16-19(14-12-10-8-5-2)20(17-18)25-21(6-3)26(22,23)24;/h15-17,21H,4-14H2,1-3H3,(H,22,23,24);/q;+1/p-1. The molecule has 0 aliphatic carbocycles. The summed E-state index contributed by atoms with van der Waals surface area (Å²) in [5.41, 5.74) is 0.833. The van der Waals surface area contributed by atoms with Crippen LogP contribution in [-0.2, 0) is 23.0 Å². The summed E-state index contributed by atoms with van der Waals surface area (Å²) in [6.45, 7) is 6.02. The summed E-state index contributed by atoms with van der Waals surface area (Å²) in [6, 6.07) is 6.09. The average Bonchev–Trinajstić information content (AvgIpc) is 2.60. The Bertz CT molecular complexity index is 617. The molecule has 0 aliphatic rings. The third-order valence-electron chi connectivity index (χ3n) is 4.66. The van der Waals surface area contributed by atoms with Crippen LogP contribution in [0.5, 0.6) is 5.75 Å². The number of rotatable bonds is 14. The van der Waals surface area contributed by atoms with E-state index < -0.39 is 15.6 Å². The first-order valence-electron chi connectivity index (χ1n) is 10.2. The molecule has 0 bridgehead atoms. The van der Waals surface area contributed by atoms with Gasteiger partial charge in [0.15, 0.2) is 5.44 Å². The van der Waals surface area contributed by atoms with Crippen molar-refractivity contribution in [2.75, 3.05) is 0 Å². The molecule has 0 aliphatic heterocycles. The van der Waals surface area contributed by atoms with Crippen molar-refractivity contribution in [3.05, 3.63) is 29.3 Å². The maximum absolute atomic E-state index is 11.4. The van der Waals surface area contributed by atoms with Crippen LogP contribution in [-0.4, -0.2) is 18.4 Å². The van der Waals surface area contributed by atoms with E-state index in [1.165, 1.54) is 32.1 Å². The van der Waals surface area contributed by atoms with Gasteiger partial charge < -0.3 is 9.29 Å². The van der Waals surface area contributed by atoms with Crippen molar-refractivity contribution in [2.45, 2.75) is 96.8 Å². The van der Waals surface area contributed by atoms with Gasteiger partial charge in [-0.15, -0.1) is 0 Å². The first kappa shape index (κ1) is 26.9. The van der Waals surface area contributed by atoms with Gasteiger partial charge in [-0.05, 0) is 49.3 Å². The summed E-state index contributed by atoms with van der Waals surface area (Å²) in [6.07, 6.45) is 11.2. The van der Waals surface area contributed by atoms with E-state index in [1.54, 1.807) is 6.92 Å². The summed E-state index contributed by atoms with van der Waals surface area (Å²) in [4.78, 5) is 0. The quantitative estimate of drug-likeness (QED) is 0.271. The van der Waals surface area contributed by atoms with Crippen molar-refractivity contribution in [2.24, 2.45) is 0 Å². The molecule has 0 saturated carbocycles. The third-order valence-corrected chi connectivity index (χ3v) is 5.74. The first-order chi connectivity index (χ1) is 12.4. The Balaban J connectivity index is 0.00000676. The Morgan fingerprint density at radius 2 is 1.52 bits per heavy atom. The van der Waals surface area contributed by atoms with Gasteiger partial charge in [-0.3, -0.25) is 0 Å². The molecule has 0 spiro atoms. The predicted octanol–water partition coefficient (Wildman–Crippen LogP) is 2.60. The van der Waals surface area contributed by atoms with E-state index in [-0.39, 0.29) is 36.0 Å². The second kappa shape index (κ2) is 14.9. The topological polar surface area (TPSA) is 66.4 Å². The molecule has 0 N–H and O–H groups in total. The van der Waals surface area contributed by atoms with Crippen LogP contribution in [0.2, 0.25) is 0 Å². The molecular weight excluding hydrogens is 371 g/mol. The molecule has 0 heterocycles. The van der Waals surface area contributed by atoms with E-state index in [4.69, 9.17) is 4.74 Å². The van der Waals surface area contributed by atoms with Gasteiger partial charge in [-0.1, -0.05) is 71.4 Å². The number of unbranched alkanes of at least 4 members (excludes halogenated alkanes) is 6. The summed E-state index contributed by atoms with van der Waals surface area (Å²) in [5.74, 6) is 0.570. The van der Waals surface area contributed by atoms with Crippen LogP contribution in [0, 0.1) is 0 Å². The molecule has 0 amide bonds. The van der Waals surface area contributed by atoms with Crippen molar-refractivity contribution < 1.29 is 47.3 Å². The molecule has 0 aromatic heterocycles. The van der Waals surface area contributed by atoms with Gasteiger partial charge in [0.2, 0.25) is 0 Å². The van der Waals surface area contributed by atoms with Gasteiger partial charge in [0.05, 0.1) is 0 Å². The fraction of sp³-hybridized carbons (Fsp3) is 0.714. The number of aryl methyl sites for hydroxylation is 2. The van der Waals surface area contributed by atoms with E-state index in [0.29, 0.717) is 5.75 Å². The second-order valence-electron chi connectivity index (χ2n) is 7.01. The molecule has 0 fully saturated rings. The normalized spacial score (nSPS) is 12.4. The minimum Gasteiger partial charge on any atom is -0.745 e. The van der Waals surface area contributed by atoms with Gasteiger partial charge >= 0.3 is 29.6 Å². The number of hydrogen-bond donors (Lipinski definition) is 0. The molecule has 150 valence electrons. The van der Waals surface area contributed by atoms with Crippen LogP contribution in [0.15, 0.2) is 18.2 Å². The largest absolute Gasteiger partial charge is 1.00 e. The zero-order chi connectivity index (χ0) is 19.4. The molecule has 4 nitrogen and oxygen atoms in total. The maximum Gasteiger partial charge on any atom is 1.00 e. The average molecular weight is 407 g/mol. The molecule has 1 atom stereocenters. The van der Waals surface area contributed by atoms with E-state index in [0.717, 1.165) is 43.2 Å². The van der Waals surface area contributed by atoms with Gasteiger partial charge in [-0.25, -0.2) is 8.42 Å². The first-order valence-corrected chi connectivity index (χ1v) is 11.6. The zero-order valence-corrected chi connectivity index (χ0v) is 20.4. The van der Waals surface area contributed by atoms with Gasteiger partial charge in [0.25, 0.3) is 0 Å². The number of hydrogen-bond acceptors (Lipinski definition) is 4. The zero-order valence-electron chi connectivity index (χ0n) is 17.6. The van der Waals surface area contributed by atoms with E-state index in [2.05, 4.69) is 19.9 Å². The molecule has 0 saturated heterocycles. The Kier molecular flexibility index (Phi) is 14.8. The van der Waals surface area contributed by atoms with E-state index in [9.17, 15) is 13.0 Å². The van der Waals surface area contributed by atoms with Crippen LogP contribution in [0.4, 0.5) is 0 Å². The predicted molar refractivity (Wildman–Crippen MR) is 107 cm³/mol. The summed E-state index contributed by atoms with van der Waals surface area (Å²) >= 11 is 0. The Morgan fingerprint density at radius 3 is 2.04 bits per heavy atom. The van der Waals surface area contributed by atoms with E-state index >= 15 is 0 Å². The van der Waals surface area contributed by atoms with Crippen molar-refractivity contribution in [1.29, 1.82) is 0 Å². The molecule has 1 aromatic rings. The second-order valence-corrected chi connectivity index (χ2v) is 8.52. The molecule has 1 rings (SSSR count). The number of benzene rings is 1. The van der Waals surface area contributed by atoms with Crippen LogP contribution in [0.3, 0.4) is 0 Å². The minimum atomic E-state index is -4.47. The Labute approximate surface area is 188 Å². The van der Waals surface area contributed by atoms with Crippen molar-refractivity contribution in [3.8, 4) is 5.75 Å². The minimum absolute atomic E-state index is 0. The Morgan fingerprint density at radius 1 is 0.926 bits per heavy atom.